The molecule has 0 aliphatic carbocycles. The summed E-state index contributed by atoms with van der Waals surface area (Å²) in [5.41, 5.74) is -0.249. The highest BCUT2D eigenvalue weighted by molar-refractivity contribution is 8.93. The van der Waals surface area contributed by atoms with Crippen LogP contribution in [0.3, 0.4) is 0 Å². The number of hydrogen-bond acceptors (Lipinski definition) is 0. The second kappa shape index (κ2) is 3.89. The van der Waals surface area contributed by atoms with E-state index in [2.05, 4.69) is 0 Å². The molecule has 0 spiro atoms. The first-order chi connectivity index (χ1) is 5.04. The van der Waals surface area contributed by atoms with Crippen LogP contribution >= 0.6 is 17.0 Å². The predicted octanol–water partition coefficient (Wildman–Crippen LogP) is 3.13. The van der Waals surface area contributed by atoms with Gasteiger partial charge >= 0.3 is 0 Å². The minimum absolute atomic E-state index is 0. The van der Waals surface area contributed by atoms with Crippen molar-refractivity contribution in [3.8, 4) is 0 Å². The van der Waals surface area contributed by atoms with Crippen molar-refractivity contribution in [3.05, 3.63) is 34.9 Å². The monoisotopic (exact) mass is 244 g/mol. The third-order valence-corrected chi connectivity index (χ3v) is 1.28. The van der Waals surface area contributed by atoms with Gasteiger partial charge in [0.15, 0.2) is 23.3 Å². The van der Waals surface area contributed by atoms with Gasteiger partial charge in [0.25, 0.3) is 0 Å². The van der Waals surface area contributed by atoms with Gasteiger partial charge in [-0.05, 0) is 18.6 Å². The molecule has 1 rings (SSSR count). The van der Waals surface area contributed by atoms with Crippen LogP contribution in [0.4, 0.5) is 17.6 Å². The van der Waals surface area contributed by atoms with Crippen LogP contribution < -0.4 is 0 Å². The Kier molecular flexibility index (Phi) is 3.70. The van der Waals surface area contributed by atoms with Crippen molar-refractivity contribution < 1.29 is 17.6 Å². The minimum Gasteiger partial charge on any atom is -0.204 e. The number of hydrogen-bond donors (Lipinski definition) is 0. The van der Waals surface area contributed by atoms with Crippen molar-refractivity contribution >= 4 is 17.0 Å². The van der Waals surface area contributed by atoms with Gasteiger partial charge in [0.1, 0.15) is 0 Å². The Balaban J connectivity index is 0.00000121. The van der Waals surface area contributed by atoms with Gasteiger partial charge in [0.05, 0.1) is 0 Å². The van der Waals surface area contributed by atoms with Crippen molar-refractivity contribution in [1.29, 1.82) is 0 Å². The number of halogens is 5. The maximum absolute atomic E-state index is 12.4. The molecule has 1 aromatic rings. The Morgan fingerprint density at radius 1 is 0.917 bits per heavy atom. The summed E-state index contributed by atoms with van der Waals surface area (Å²) in [7, 11) is 0. The van der Waals surface area contributed by atoms with Crippen molar-refractivity contribution in [3.63, 3.8) is 0 Å². The highest BCUT2D eigenvalue weighted by atomic mass is 79.9. The van der Waals surface area contributed by atoms with E-state index in [0.717, 1.165) is 6.92 Å². The molecule has 0 radical (unpaired) electrons. The van der Waals surface area contributed by atoms with Crippen molar-refractivity contribution in [2.24, 2.45) is 0 Å². The van der Waals surface area contributed by atoms with Crippen LogP contribution in [-0.2, 0) is 0 Å². The van der Waals surface area contributed by atoms with Crippen molar-refractivity contribution in [1.82, 2.24) is 0 Å². The second-order valence-electron chi connectivity index (χ2n) is 2.12. The largest absolute Gasteiger partial charge is 0.204 e. The maximum atomic E-state index is 12.4. The van der Waals surface area contributed by atoms with E-state index >= 15 is 0 Å². The third-order valence-electron chi connectivity index (χ3n) is 1.28. The van der Waals surface area contributed by atoms with Gasteiger partial charge in [-0.15, -0.1) is 17.0 Å². The Bertz CT molecular complexity index is 272. The van der Waals surface area contributed by atoms with Gasteiger partial charge in [-0.25, -0.2) is 17.6 Å². The van der Waals surface area contributed by atoms with Gasteiger partial charge in [0, 0.05) is 0 Å². The van der Waals surface area contributed by atoms with Crippen LogP contribution in [0, 0.1) is 30.2 Å². The fraction of sp³-hybridized carbons (Fsp3) is 0.143. The van der Waals surface area contributed by atoms with Gasteiger partial charge in [-0.3, -0.25) is 0 Å². The lowest BCUT2D eigenvalue weighted by Crippen LogP contribution is -1.97. The molecule has 0 nitrogen and oxygen atoms in total. The normalized spacial score (nSPS) is 9.42. The summed E-state index contributed by atoms with van der Waals surface area (Å²) in [6.45, 7) is 1.15. The lowest BCUT2D eigenvalue weighted by atomic mass is 10.2. The third kappa shape index (κ3) is 1.77. The Hall–Kier alpha value is -0.580. The van der Waals surface area contributed by atoms with Crippen LogP contribution in [0.25, 0.3) is 0 Å². The topological polar surface area (TPSA) is 0 Å². The molecule has 0 fully saturated rings. The molecule has 0 aromatic heterocycles. The molecule has 0 unspecified atom stereocenters. The van der Waals surface area contributed by atoms with E-state index < -0.39 is 23.3 Å². The van der Waals surface area contributed by atoms with Crippen molar-refractivity contribution in [2.45, 2.75) is 6.92 Å². The summed E-state index contributed by atoms with van der Waals surface area (Å²) >= 11 is 0. The smallest absolute Gasteiger partial charge is 0.197 e. The number of aryl methyl sites for hydroxylation is 1. The standard InChI is InChI=1S/C7H4F4.BrH/c1-3-2-4(8)6(10)7(11)5(3)9;/h2H,1H3;1H. The quantitative estimate of drug-likeness (QED) is 0.374. The van der Waals surface area contributed by atoms with Crippen LogP contribution in [0.1, 0.15) is 5.56 Å². The molecule has 0 heterocycles. The van der Waals surface area contributed by atoms with Gasteiger partial charge in [-0.1, -0.05) is 0 Å². The van der Waals surface area contributed by atoms with Crippen LogP contribution in [-0.4, -0.2) is 0 Å². The average molecular weight is 245 g/mol. The molecule has 0 bridgehead atoms. The van der Waals surface area contributed by atoms with Crippen LogP contribution in [0.5, 0.6) is 0 Å². The maximum Gasteiger partial charge on any atom is 0.197 e. The molecule has 0 atom stereocenters. The molecule has 0 amide bonds. The van der Waals surface area contributed by atoms with Crippen LogP contribution in [0.2, 0.25) is 0 Å². The van der Waals surface area contributed by atoms with E-state index in [0.29, 0.717) is 6.07 Å². The summed E-state index contributed by atoms with van der Waals surface area (Å²) in [5, 5.41) is 0. The molecule has 0 aliphatic heterocycles. The summed E-state index contributed by atoms with van der Waals surface area (Å²) in [4.78, 5) is 0. The lowest BCUT2D eigenvalue weighted by molar-refractivity contribution is 0.406. The Morgan fingerprint density at radius 3 is 1.92 bits per heavy atom. The summed E-state index contributed by atoms with van der Waals surface area (Å²) < 4.78 is 49.1. The minimum atomic E-state index is -1.77. The molecule has 0 N–H and O–H groups in total. The first-order valence-corrected chi connectivity index (χ1v) is 2.83. The molecule has 0 saturated carbocycles. The first-order valence-electron chi connectivity index (χ1n) is 2.83. The second-order valence-corrected chi connectivity index (χ2v) is 2.12. The van der Waals surface area contributed by atoms with E-state index in [4.69, 9.17) is 0 Å². The van der Waals surface area contributed by atoms with E-state index in [1.54, 1.807) is 0 Å². The highest BCUT2D eigenvalue weighted by Gasteiger charge is 2.15. The zero-order valence-corrected chi connectivity index (χ0v) is 7.71. The van der Waals surface area contributed by atoms with Gasteiger partial charge in [-0.2, -0.15) is 0 Å². The summed E-state index contributed by atoms with van der Waals surface area (Å²) in [6.07, 6.45) is 0. The van der Waals surface area contributed by atoms with E-state index in [1.165, 1.54) is 0 Å². The summed E-state index contributed by atoms with van der Waals surface area (Å²) in [5.74, 6) is -6.25. The SMILES string of the molecule is Br.Cc1cc(F)c(F)c(F)c1F. The molecule has 0 saturated heterocycles. The predicted molar refractivity (Wildman–Crippen MR) is 41.3 cm³/mol. The van der Waals surface area contributed by atoms with Gasteiger partial charge < -0.3 is 0 Å². The van der Waals surface area contributed by atoms with Crippen molar-refractivity contribution in [2.75, 3.05) is 0 Å². The number of rotatable bonds is 0. The van der Waals surface area contributed by atoms with Gasteiger partial charge in [0.2, 0.25) is 0 Å². The first kappa shape index (κ1) is 11.4. The average Bonchev–Trinajstić information content (AvgIpc) is 1.97. The summed E-state index contributed by atoms with van der Waals surface area (Å²) in [6, 6.07) is 0.605. The Labute approximate surface area is 77.0 Å². The fourth-order valence-corrected chi connectivity index (χ4v) is 0.691. The molecule has 5 heteroatoms. The number of benzene rings is 1. The molecule has 0 aliphatic rings. The van der Waals surface area contributed by atoms with E-state index in [-0.39, 0.29) is 22.5 Å². The molecule has 12 heavy (non-hydrogen) atoms. The zero-order valence-electron chi connectivity index (χ0n) is 6.00. The zero-order chi connectivity index (χ0) is 8.59. The van der Waals surface area contributed by atoms with E-state index in [9.17, 15) is 17.6 Å². The highest BCUT2D eigenvalue weighted by Crippen LogP contribution is 2.17. The Morgan fingerprint density at radius 2 is 1.42 bits per heavy atom. The van der Waals surface area contributed by atoms with Crippen LogP contribution in [0.15, 0.2) is 6.07 Å². The fourth-order valence-electron chi connectivity index (χ4n) is 0.691. The molecule has 1 aromatic carbocycles. The lowest BCUT2D eigenvalue weighted by Gasteiger charge is -1.99. The molecular formula is C7H5BrF4. The van der Waals surface area contributed by atoms with E-state index in [1.807, 2.05) is 0 Å². The molecular weight excluding hydrogens is 240 g/mol. The molecule has 68 valence electrons.